The number of hydrogen-bond acceptors (Lipinski definition) is 5. The van der Waals surface area contributed by atoms with Crippen LogP contribution < -0.4 is 4.74 Å². The van der Waals surface area contributed by atoms with Crippen molar-refractivity contribution in [3.8, 4) is 17.2 Å². The van der Waals surface area contributed by atoms with E-state index in [9.17, 15) is 0 Å². The molecule has 124 valence electrons. The average Bonchev–Trinajstić information content (AvgIpc) is 3.12. The molecular formula is C18H19N3O3. The van der Waals surface area contributed by atoms with Gasteiger partial charge in [0.1, 0.15) is 0 Å². The van der Waals surface area contributed by atoms with E-state index in [0.29, 0.717) is 17.6 Å². The van der Waals surface area contributed by atoms with Gasteiger partial charge in [0, 0.05) is 37.7 Å². The molecule has 3 aromatic rings. The molecule has 1 aliphatic carbocycles. The van der Waals surface area contributed by atoms with Crippen LogP contribution >= 0.6 is 0 Å². The van der Waals surface area contributed by atoms with Crippen molar-refractivity contribution < 1.29 is 14.0 Å². The number of nitrogens with zero attached hydrogens (tertiary/aromatic N) is 3. The second-order valence-corrected chi connectivity index (χ2v) is 6.00. The van der Waals surface area contributed by atoms with Gasteiger partial charge in [-0.25, -0.2) is 4.98 Å². The van der Waals surface area contributed by atoms with Crippen molar-refractivity contribution in [2.45, 2.75) is 25.3 Å². The predicted octanol–water partition coefficient (Wildman–Crippen LogP) is 3.45. The van der Waals surface area contributed by atoms with E-state index in [1.54, 1.807) is 19.4 Å². The molecule has 0 aliphatic heterocycles. The molecular weight excluding hydrogens is 306 g/mol. The van der Waals surface area contributed by atoms with E-state index in [4.69, 9.17) is 14.0 Å². The Morgan fingerprint density at radius 2 is 2.21 bits per heavy atom. The fourth-order valence-corrected chi connectivity index (χ4v) is 2.83. The van der Waals surface area contributed by atoms with Crippen molar-refractivity contribution in [2.75, 3.05) is 13.9 Å². The summed E-state index contributed by atoms with van der Waals surface area (Å²) in [5.41, 5.74) is 3.73. The monoisotopic (exact) mass is 325 g/mol. The van der Waals surface area contributed by atoms with Crippen molar-refractivity contribution in [3.05, 3.63) is 54.1 Å². The summed E-state index contributed by atoms with van der Waals surface area (Å²) in [5, 5.41) is 3.91. The van der Waals surface area contributed by atoms with Gasteiger partial charge in [0.05, 0.1) is 6.33 Å². The molecule has 1 saturated carbocycles. The lowest BCUT2D eigenvalue weighted by Crippen LogP contribution is -2.00. The maximum atomic E-state index is 5.40. The van der Waals surface area contributed by atoms with Crippen LogP contribution in [0, 0.1) is 0 Å². The first-order valence-electron chi connectivity index (χ1n) is 8.01. The summed E-state index contributed by atoms with van der Waals surface area (Å²) < 4.78 is 17.7. The molecule has 2 aromatic heterocycles. The van der Waals surface area contributed by atoms with Crippen LogP contribution in [0.2, 0.25) is 0 Å². The molecule has 2 heterocycles. The van der Waals surface area contributed by atoms with E-state index < -0.39 is 0 Å². The van der Waals surface area contributed by atoms with Gasteiger partial charge in [-0.3, -0.25) is 0 Å². The largest absolute Gasteiger partial charge is 0.448 e. The summed E-state index contributed by atoms with van der Waals surface area (Å²) in [6.07, 6.45) is 8.14. The van der Waals surface area contributed by atoms with E-state index in [1.807, 2.05) is 12.5 Å². The van der Waals surface area contributed by atoms with Gasteiger partial charge >= 0.3 is 0 Å². The zero-order valence-electron chi connectivity index (χ0n) is 13.5. The molecule has 0 saturated heterocycles. The second kappa shape index (κ2) is 6.49. The molecule has 24 heavy (non-hydrogen) atoms. The average molecular weight is 325 g/mol. The number of imidazole rings is 1. The van der Waals surface area contributed by atoms with Gasteiger partial charge in [0.15, 0.2) is 12.6 Å². The minimum Gasteiger partial charge on any atom is -0.448 e. The minimum absolute atomic E-state index is 0.156. The summed E-state index contributed by atoms with van der Waals surface area (Å²) in [4.78, 5) is 4.12. The van der Waals surface area contributed by atoms with Crippen LogP contribution in [0.5, 0.6) is 5.88 Å². The highest BCUT2D eigenvalue weighted by Crippen LogP contribution is 2.43. The number of aromatic nitrogens is 3. The van der Waals surface area contributed by atoms with E-state index >= 15 is 0 Å². The van der Waals surface area contributed by atoms with Crippen LogP contribution in [-0.4, -0.2) is 28.6 Å². The van der Waals surface area contributed by atoms with Gasteiger partial charge in [0.2, 0.25) is 0 Å². The van der Waals surface area contributed by atoms with Gasteiger partial charge < -0.3 is 18.6 Å². The van der Waals surface area contributed by atoms with Crippen molar-refractivity contribution in [1.82, 2.24) is 14.7 Å². The Hall–Kier alpha value is -2.60. The normalized spacial score (nSPS) is 14.0. The third kappa shape index (κ3) is 3.19. The van der Waals surface area contributed by atoms with Crippen LogP contribution in [0.3, 0.4) is 0 Å². The van der Waals surface area contributed by atoms with E-state index in [1.165, 1.54) is 24.0 Å². The summed E-state index contributed by atoms with van der Waals surface area (Å²) in [6, 6.07) is 8.24. The first-order valence-corrected chi connectivity index (χ1v) is 8.01. The maximum Gasteiger partial charge on any atom is 0.256 e. The molecule has 1 fully saturated rings. The highest BCUT2D eigenvalue weighted by Gasteiger charge is 2.26. The fourth-order valence-electron chi connectivity index (χ4n) is 2.83. The van der Waals surface area contributed by atoms with Crippen LogP contribution in [0.25, 0.3) is 11.3 Å². The van der Waals surface area contributed by atoms with Crippen molar-refractivity contribution in [2.24, 2.45) is 0 Å². The Labute approximate surface area is 140 Å². The highest BCUT2D eigenvalue weighted by atomic mass is 16.7. The Morgan fingerprint density at radius 3 is 2.96 bits per heavy atom. The topological polar surface area (TPSA) is 62.3 Å². The van der Waals surface area contributed by atoms with Gasteiger partial charge in [-0.05, 0) is 41.1 Å². The summed E-state index contributed by atoms with van der Waals surface area (Å²) in [7, 11) is 1.57. The molecule has 1 aliphatic rings. The zero-order chi connectivity index (χ0) is 16.4. The first-order chi connectivity index (χ1) is 11.8. The highest BCUT2D eigenvalue weighted by molar-refractivity contribution is 5.61. The van der Waals surface area contributed by atoms with Crippen LogP contribution in [-0.2, 0) is 11.3 Å². The Kier molecular flexibility index (Phi) is 4.04. The summed E-state index contributed by atoms with van der Waals surface area (Å²) >= 11 is 0. The van der Waals surface area contributed by atoms with Crippen LogP contribution in [0.4, 0.5) is 0 Å². The quantitative estimate of drug-likeness (QED) is 0.623. The molecule has 0 bridgehead atoms. The molecule has 6 nitrogen and oxygen atoms in total. The number of hydrogen-bond donors (Lipinski definition) is 0. The molecule has 0 amide bonds. The minimum atomic E-state index is 0.156. The lowest BCUT2D eigenvalue weighted by molar-refractivity contribution is 0.0453. The van der Waals surface area contributed by atoms with E-state index in [2.05, 4.69) is 32.9 Å². The SMILES string of the molecule is COCOc1cc(-c2ccc(Cn3ccnc3)c(C3CC3)c2)on1. The van der Waals surface area contributed by atoms with E-state index in [0.717, 1.165) is 12.1 Å². The summed E-state index contributed by atoms with van der Waals surface area (Å²) in [5.74, 6) is 1.79. The molecule has 6 heteroatoms. The lowest BCUT2D eigenvalue weighted by Gasteiger charge is -2.11. The third-order valence-corrected chi connectivity index (χ3v) is 4.17. The zero-order valence-corrected chi connectivity index (χ0v) is 13.5. The van der Waals surface area contributed by atoms with Gasteiger partial charge in [-0.2, -0.15) is 0 Å². The molecule has 0 atom stereocenters. The second-order valence-electron chi connectivity index (χ2n) is 6.00. The molecule has 0 unspecified atom stereocenters. The Balaban J connectivity index is 1.60. The maximum absolute atomic E-state index is 5.40. The van der Waals surface area contributed by atoms with Gasteiger partial charge in [0.25, 0.3) is 5.88 Å². The molecule has 0 N–H and O–H groups in total. The number of benzene rings is 1. The van der Waals surface area contributed by atoms with Crippen molar-refractivity contribution in [3.63, 3.8) is 0 Å². The Bertz CT molecular complexity index is 807. The fraction of sp³-hybridized carbons (Fsp3) is 0.333. The number of methoxy groups -OCH3 is 1. The molecule has 1 aromatic carbocycles. The molecule has 0 radical (unpaired) electrons. The lowest BCUT2D eigenvalue weighted by atomic mass is 9.99. The standard InChI is InChI=1S/C18H19N3O3/c1-22-12-23-18-9-17(24-20-18)14-4-5-15(10-21-7-6-19-11-21)16(8-14)13-2-3-13/h4-9,11,13H,2-3,10,12H2,1H3. The third-order valence-electron chi connectivity index (χ3n) is 4.17. The van der Waals surface area contributed by atoms with Crippen LogP contribution in [0.1, 0.15) is 29.9 Å². The van der Waals surface area contributed by atoms with Crippen molar-refractivity contribution >= 4 is 0 Å². The first kappa shape index (κ1) is 15.0. The van der Waals surface area contributed by atoms with Crippen molar-refractivity contribution in [1.29, 1.82) is 0 Å². The molecule has 4 rings (SSSR count). The smallest absolute Gasteiger partial charge is 0.256 e. The number of rotatable bonds is 7. The number of ether oxygens (including phenoxy) is 2. The van der Waals surface area contributed by atoms with Crippen LogP contribution in [0.15, 0.2) is 47.5 Å². The van der Waals surface area contributed by atoms with E-state index in [-0.39, 0.29) is 6.79 Å². The molecule has 0 spiro atoms. The Morgan fingerprint density at radius 1 is 1.29 bits per heavy atom. The summed E-state index contributed by atoms with van der Waals surface area (Å²) in [6.45, 7) is 0.994. The van der Waals surface area contributed by atoms with Gasteiger partial charge in [-0.15, -0.1) is 0 Å². The van der Waals surface area contributed by atoms with Gasteiger partial charge in [-0.1, -0.05) is 12.1 Å². The predicted molar refractivity (Wildman–Crippen MR) is 87.7 cm³/mol.